The molecule has 0 bridgehead atoms. The largest absolute Gasteiger partial charge is 0.505 e. The van der Waals surface area contributed by atoms with E-state index < -0.39 is 5.91 Å². The lowest BCUT2D eigenvalue weighted by atomic mass is 9.97. The molecule has 1 aromatic heterocycles. The zero-order valence-electron chi connectivity index (χ0n) is 19.1. The maximum absolute atomic E-state index is 12.6. The molecule has 9 nitrogen and oxygen atoms in total. The van der Waals surface area contributed by atoms with Gasteiger partial charge in [-0.05, 0) is 64.3 Å². The molecule has 1 fully saturated rings. The maximum Gasteiger partial charge on any atom is 0.271 e. The number of aryl methyl sites for hydroxylation is 1. The fourth-order valence-electron chi connectivity index (χ4n) is 3.98. The van der Waals surface area contributed by atoms with Crippen molar-refractivity contribution in [3.8, 4) is 11.5 Å². The van der Waals surface area contributed by atoms with Gasteiger partial charge in [-0.2, -0.15) is 5.10 Å². The standard InChI is InChI=1S/C24H30N4O5/c1-15-5-4-6-16(2)28(15)22(30)14-33-20-9-7-18(8-10-20)24(32)27-26-12-21-19(13-29)11-25-17(3)23(21)31/h7-12,15-16,29,31H,4-6,13-14H2,1-3H3,(H,27,32)/b26-12+/t15-,16+. The highest BCUT2D eigenvalue weighted by atomic mass is 16.5. The highest BCUT2D eigenvalue weighted by Crippen LogP contribution is 2.23. The first-order chi connectivity index (χ1) is 15.8. The molecule has 2 aromatic rings. The summed E-state index contributed by atoms with van der Waals surface area (Å²) in [6.45, 7) is 5.37. The van der Waals surface area contributed by atoms with Crippen LogP contribution in [0.5, 0.6) is 11.5 Å². The van der Waals surface area contributed by atoms with E-state index >= 15 is 0 Å². The fourth-order valence-corrected chi connectivity index (χ4v) is 3.98. The van der Waals surface area contributed by atoms with E-state index in [1.165, 1.54) is 12.4 Å². The summed E-state index contributed by atoms with van der Waals surface area (Å²) in [6.07, 6.45) is 5.84. The summed E-state index contributed by atoms with van der Waals surface area (Å²) in [5.74, 6) is -0.113. The number of aromatic hydroxyl groups is 1. The molecule has 33 heavy (non-hydrogen) atoms. The molecule has 2 heterocycles. The molecule has 0 spiro atoms. The van der Waals surface area contributed by atoms with Crippen molar-refractivity contribution in [2.45, 2.75) is 58.7 Å². The molecule has 1 aromatic carbocycles. The zero-order chi connectivity index (χ0) is 24.0. The number of aliphatic hydroxyl groups is 1. The van der Waals surface area contributed by atoms with Gasteiger partial charge in [0.25, 0.3) is 11.8 Å². The van der Waals surface area contributed by atoms with Crippen molar-refractivity contribution in [3.63, 3.8) is 0 Å². The molecule has 3 rings (SSSR count). The third-order valence-electron chi connectivity index (χ3n) is 5.85. The van der Waals surface area contributed by atoms with Crippen LogP contribution in [0.3, 0.4) is 0 Å². The SMILES string of the molecule is Cc1ncc(CO)c(/C=N/NC(=O)c2ccc(OCC(=O)N3[C@H](C)CCC[C@@H]3C)cc2)c1O. The molecule has 0 radical (unpaired) electrons. The van der Waals surface area contributed by atoms with Gasteiger partial charge in [0.05, 0.1) is 18.5 Å². The number of carbonyl (C=O) groups is 2. The van der Waals surface area contributed by atoms with Crippen LogP contribution in [-0.2, 0) is 11.4 Å². The number of hydrogen-bond donors (Lipinski definition) is 3. The van der Waals surface area contributed by atoms with E-state index in [2.05, 4.69) is 29.4 Å². The number of pyridine rings is 1. The maximum atomic E-state index is 12.6. The summed E-state index contributed by atoms with van der Waals surface area (Å²) in [6, 6.07) is 6.81. The molecule has 1 aliphatic heterocycles. The number of piperidine rings is 1. The molecule has 0 saturated carbocycles. The smallest absolute Gasteiger partial charge is 0.271 e. The topological polar surface area (TPSA) is 124 Å². The second-order valence-corrected chi connectivity index (χ2v) is 8.23. The zero-order valence-corrected chi connectivity index (χ0v) is 19.1. The number of carbonyl (C=O) groups excluding carboxylic acids is 2. The molecule has 1 aliphatic rings. The highest BCUT2D eigenvalue weighted by Gasteiger charge is 2.29. The molecule has 9 heteroatoms. The second-order valence-electron chi connectivity index (χ2n) is 8.23. The average Bonchev–Trinajstić information content (AvgIpc) is 2.80. The second kappa shape index (κ2) is 10.9. The van der Waals surface area contributed by atoms with E-state index in [0.717, 1.165) is 19.3 Å². The Balaban J connectivity index is 1.56. The number of hydrazone groups is 1. The van der Waals surface area contributed by atoms with Crippen LogP contribution >= 0.6 is 0 Å². The van der Waals surface area contributed by atoms with Gasteiger partial charge >= 0.3 is 0 Å². The van der Waals surface area contributed by atoms with Crippen molar-refractivity contribution in [1.29, 1.82) is 0 Å². The van der Waals surface area contributed by atoms with Gasteiger partial charge in [-0.3, -0.25) is 14.6 Å². The lowest BCUT2D eigenvalue weighted by Crippen LogP contribution is -2.49. The number of likely N-dealkylation sites (tertiary alicyclic amines) is 1. The third kappa shape index (κ3) is 5.87. The van der Waals surface area contributed by atoms with Crippen molar-refractivity contribution in [1.82, 2.24) is 15.3 Å². The first kappa shape index (κ1) is 24.2. The van der Waals surface area contributed by atoms with Gasteiger partial charge in [0.1, 0.15) is 11.5 Å². The molecular formula is C24H30N4O5. The molecule has 2 amide bonds. The van der Waals surface area contributed by atoms with Gasteiger partial charge in [-0.15, -0.1) is 0 Å². The van der Waals surface area contributed by atoms with E-state index in [9.17, 15) is 19.8 Å². The van der Waals surface area contributed by atoms with Crippen LogP contribution < -0.4 is 10.2 Å². The summed E-state index contributed by atoms with van der Waals surface area (Å²) in [7, 11) is 0. The summed E-state index contributed by atoms with van der Waals surface area (Å²) >= 11 is 0. The van der Waals surface area contributed by atoms with Gasteiger partial charge in [-0.25, -0.2) is 5.43 Å². The monoisotopic (exact) mass is 454 g/mol. The minimum Gasteiger partial charge on any atom is -0.505 e. The van der Waals surface area contributed by atoms with Crippen molar-refractivity contribution in [3.05, 3.63) is 52.8 Å². The number of hydrogen-bond acceptors (Lipinski definition) is 7. The quantitative estimate of drug-likeness (QED) is 0.436. The predicted octanol–water partition coefficient (Wildman–Crippen LogP) is 2.52. The van der Waals surface area contributed by atoms with Crippen LogP contribution in [0.4, 0.5) is 0 Å². The summed E-state index contributed by atoms with van der Waals surface area (Å²) in [5.41, 5.74) is 3.80. The highest BCUT2D eigenvalue weighted by molar-refractivity contribution is 5.95. The Hall–Kier alpha value is -3.46. The van der Waals surface area contributed by atoms with Gasteiger partial charge in [0, 0.05) is 35.0 Å². The predicted molar refractivity (Wildman–Crippen MR) is 123 cm³/mol. The van der Waals surface area contributed by atoms with Crippen LogP contribution in [0.15, 0.2) is 35.6 Å². The van der Waals surface area contributed by atoms with Crippen LogP contribution in [0.1, 0.15) is 60.3 Å². The molecular weight excluding hydrogens is 424 g/mol. The Morgan fingerprint density at radius 1 is 1.24 bits per heavy atom. The van der Waals surface area contributed by atoms with Crippen molar-refractivity contribution in [2.24, 2.45) is 5.10 Å². The third-order valence-corrected chi connectivity index (χ3v) is 5.85. The van der Waals surface area contributed by atoms with E-state index in [-0.39, 0.29) is 42.5 Å². The Bertz CT molecular complexity index is 1010. The minimum absolute atomic E-state index is 0.0392. The number of benzene rings is 1. The van der Waals surface area contributed by atoms with E-state index in [1.807, 2.05) is 4.90 Å². The number of nitrogens with one attached hydrogen (secondary N) is 1. The molecule has 3 N–H and O–H groups in total. The Morgan fingerprint density at radius 3 is 2.55 bits per heavy atom. The molecule has 176 valence electrons. The number of rotatable bonds is 7. The summed E-state index contributed by atoms with van der Waals surface area (Å²) in [4.78, 5) is 30.8. The fraction of sp³-hybridized carbons (Fsp3) is 0.417. The van der Waals surface area contributed by atoms with Gasteiger partial charge in [0.2, 0.25) is 0 Å². The van der Waals surface area contributed by atoms with Gasteiger partial charge < -0.3 is 19.8 Å². The van der Waals surface area contributed by atoms with E-state index in [0.29, 0.717) is 22.6 Å². The van der Waals surface area contributed by atoms with Crippen LogP contribution in [0.25, 0.3) is 0 Å². The average molecular weight is 455 g/mol. The number of aromatic nitrogens is 1. The van der Waals surface area contributed by atoms with Gasteiger partial charge in [-0.1, -0.05) is 0 Å². The minimum atomic E-state index is -0.458. The molecule has 1 saturated heterocycles. The van der Waals surface area contributed by atoms with Crippen LogP contribution in [-0.4, -0.2) is 56.8 Å². The molecule has 2 atom stereocenters. The number of nitrogens with zero attached hydrogens (tertiary/aromatic N) is 3. The van der Waals surface area contributed by atoms with Gasteiger partial charge in [0.15, 0.2) is 6.61 Å². The molecule has 0 unspecified atom stereocenters. The van der Waals surface area contributed by atoms with Crippen molar-refractivity contribution >= 4 is 18.0 Å². The van der Waals surface area contributed by atoms with Crippen LogP contribution in [0, 0.1) is 6.92 Å². The van der Waals surface area contributed by atoms with Crippen LogP contribution in [0.2, 0.25) is 0 Å². The van der Waals surface area contributed by atoms with Crippen molar-refractivity contribution in [2.75, 3.05) is 6.61 Å². The lowest BCUT2D eigenvalue weighted by molar-refractivity contribution is -0.139. The lowest BCUT2D eigenvalue weighted by Gasteiger charge is -2.38. The summed E-state index contributed by atoms with van der Waals surface area (Å²) < 4.78 is 5.63. The Kier molecular flexibility index (Phi) is 8.00. The number of ether oxygens (including phenoxy) is 1. The first-order valence-electron chi connectivity index (χ1n) is 11.0. The molecule has 0 aliphatic carbocycles. The number of amides is 2. The van der Waals surface area contributed by atoms with E-state index in [4.69, 9.17) is 4.74 Å². The Labute approximate surface area is 193 Å². The van der Waals surface area contributed by atoms with Crippen molar-refractivity contribution < 1.29 is 24.5 Å². The summed E-state index contributed by atoms with van der Waals surface area (Å²) in [5, 5.41) is 23.4. The number of aliphatic hydroxyl groups excluding tert-OH is 1. The van der Waals surface area contributed by atoms with E-state index in [1.54, 1.807) is 31.2 Å². The first-order valence-corrected chi connectivity index (χ1v) is 11.0. The Morgan fingerprint density at radius 2 is 1.91 bits per heavy atom. The normalized spacial score (nSPS) is 18.4.